The minimum Gasteiger partial charge on any atom is -0.508 e. The smallest absolute Gasteiger partial charge is 0.235 e. The Hall–Kier alpha value is -4.26. The van der Waals surface area contributed by atoms with Gasteiger partial charge in [0.2, 0.25) is 5.78 Å². The molecule has 2 aromatic carbocycles. The number of hydrogen-bond donors (Lipinski definition) is 3. The molecule has 148 valence electrons. The van der Waals surface area contributed by atoms with Gasteiger partial charge < -0.3 is 25.3 Å². The van der Waals surface area contributed by atoms with Crippen molar-refractivity contribution < 1.29 is 19.7 Å². The van der Waals surface area contributed by atoms with Crippen molar-refractivity contribution in [1.29, 1.82) is 0 Å². The number of benzene rings is 2. The molecule has 0 saturated carbocycles. The number of nitrogens with zero attached hydrogens (tertiary/aromatic N) is 2. The average Bonchev–Trinajstić information content (AvgIpc) is 3.19. The summed E-state index contributed by atoms with van der Waals surface area (Å²) in [7, 11) is 1.88. The summed E-state index contributed by atoms with van der Waals surface area (Å²) in [5.41, 5.74) is 9.93. The lowest BCUT2D eigenvalue weighted by Crippen LogP contribution is -1.98. The Morgan fingerprint density at radius 1 is 1.13 bits per heavy atom. The fourth-order valence-electron chi connectivity index (χ4n) is 3.77. The summed E-state index contributed by atoms with van der Waals surface area (Å²) in [6.45, 7) is 0. The SMILES string of the molecule is Cn1cc(/C=C2\Oc3cc(O)cc(O)c3C2=O)c2c(-c3ccc(N)cc3)ccnc21. The second-order valence-electron chi connectivity index (χ2n) is 7.15. The fraction of sp³-hybridized carbons (Fsp3) is 0.0435. The summed E-state index contributed by atoms with van der Waals surface area (Å²) >= 11 is 0. The van der Waals surface area contributed by atoms with E-state index in [0.717, 1.165) is 33.8 Å². The monoisotopic (exact) mass is 399 g/mol. The molecule has 0 radical (unpaired) electrons. The van der Waals surface area contributed by atoms with Gasteiger partial charge in [0.25, 0.3) is 0 Å². The van der Waals surface area contributed by atoms with Crippen LogP contribution in [0.3, 0.4) is 0 Å². The van der Waals surface area contributed by atoms with Crippen LogP contribution in [0.5, 0.6) is 17.2 Å². The number of anilines is 1. The minimum absolute atomic E-state index is 0.0381. The lowest BCUT2D eigenvalue weighted by Gasteiger charge is -2.06. The van der Waals surface area contributed by atoms with Crippen LogP contribution in [-0.2, 0) is 7.05 Å². The molecule has 4 aromatic rings. The van der Waals surface area contributed by atoms with Crippen LogP contribution in [0, 0.1) is 0 Å². The number of phenols is 2. The van der Waals surface area contributed by atoms with Crippen LogP contribution in [-0.4, -0.2) is 25.5 Å². The quantitative estimate of drug-likeness (QED) is 0.349. The molecule has 0 unspecified atom stereocenters. The van der Waals surface area contributed by atoms with Crippen molar-refractivity contribution in [2.45, 2.75) is 0 Å². The molecule has 3 heterocycles. The molecule has 0 aliphatic carbocycles. The van der Waals surface area contributed by atoms with Crippen LogP contribution in [0.4, 0.5) is 5.69 Å². The molecule has 1 aliphatic rings. The summed E-state index contributed by atoms with van der Waals surface area (Å²) in [5, 5.41) is 20.6. The lowest BCUT2D eigenvalue weighted by atomic mass is 10.0. The van der Waals surface area contributed by atoms with E-state index in [-0.39, 0.29) is 28.6 Å². The molecule has 5 rings (SSSR count). The summed E-state index contributed by atoms with van der Waals surface area (Å²) in [6.07, 6.45) is 5.23. The van der Waals surface area contributed by atoms with Crippen molar-refractivity contribution in [3.63, 3.8) is 0 Å². The van der Waals surface area contributed by atoms with Crippen molar-refractivity contribution in [3.05, 3.63) is 71.7 Å². The number of ether oxygens (including phenoxy) is 1. The highest BCUT2D eigenvalue weighted by Crippen LogP contribution is 2.41. The zero-order valence-electron chi connectivity index (χ0n) is 16.0. The Kier molecular flexibility index (Phi) is 3.79. The summed E-state index contributed by atoms with van der Waals surface area (Å²) in [4.78, 5) is 17.3. The maximum absolute atomic E-state index is 12.8. The van der Waals surface area contributed by atoms with Gasteiger partial charge in [-0.1, -0.05) is 12.1 Å². The third-order valence-electron chi connectivity index (χ3n) is 5.13. The molecule has 4 N–H and O–H groups in total. The first-order chi connectivity index (χ1) is 14.4. The largest absolute Gasteiger partial charge is 0.508 e. The van der Waals surface area contributed by atoms with Crippen LogP contribution in [0.15, 0.2) is 60.6 Å². The normalized spacial score (nSPS) is 14.3. The Labute approximate surface area is 171 Å². The molecule has 0 atom stereocenters. The highest BCUT2D eigenvalue weighted by Gasteiger charge is 2.31. The van der Waals surface area contributed by atoms with E-state index in [0.29, 0.717) is 5.69 Å². The third-order valence-corrected chi connectivity index (χ3v) is 5.13. The van der Waals surface area contributed by atoms with Gasteiger partial charge in [-0.05, 0) is 35.4 Å². The molecule has 0 spiro atoms. The molecule has 0 bridgehead atoms. The number of carbonyl (C=O) groups is 1. The minimum atomic E-state index is -0.447. The Morgan fingerprint density at radius 2 is 1.90 bits per heavy atom. The standard InChI is InChI=1S/C23H17N3O4/c1-26-11-13(8-19-22(29)21-17(28)9-15(27)10-18(21)30-19)20-16(6-7-25-23(20)26)12-2-4-14(24)5-3-12/h2-11,27-28H,24H2,1H3/b19-8-. The summed E-state index contributed by atoms with van der Waals surface area (Å²) in [6, 6.07) is 11.9. The zero-order valence-corrected chi connectivity index (χ0v) is 16.0. The second kappa shape index (κ2) is 6.38. The van der Waals surface area contributed by atoms with Crippen LogP contribution < -0.4 is 10.5 Å². The van der Waals surface area contributed by atoms with Crippen LogP contribution in [0.2, 0.25) is 0 Å². The van der Waals surface area contributed by atoms with Gasteiger partial charge in [0.1, 0.15) is 28.5 Å². The van der Waals surface area contributed by atoms with Gasteiger partial charge in [0, 0.05) is 48.2 Å². The van der Waals surface area contributed by atoms with E-state index in [9.17, 15) is 15.0 Å². The van der Waals surface area contributed by atoms with Crippen molar-refractivity contribution in [3.8, 4) is 28.4 Å². The van der Waals surface area contributed by atoms with Gasteiger partial charge in [-0.15, -0.1) is 0 Å². The number of aromatic nitrogens is 2. The molecule has 30 heavy (non-hydrogen) atoms. The number of ketones is 1. The highest BCUT2D eigenvalue weighted by molar-refractivity contribution is 6.17. The number of carbonyl (C=O) groups excluding carboxylic acids is 1. The maximum Gasteiger partial charge on any atom is 0.235 e. The van der Waals surface area contributed by atoms with Crippen molar-refractivity contribution in [2.24, 2.45) is 7.05 Å². The Balaban J connectivity index is 1.68. The average molecular weight is 399 g/mol. The fourth-order valence-corrected chi connectivity index (χ4v) is 3.77. The lowest BCUT2D eigenvalue weighted by molar-refractivity contribution is 0.101. The molecule has 0 saturated heterocycles. The van der Waals surface area contributed by atoms with Crippen LogP contribution in [0.25, 0.3) is 28.2 Å². The number of allylic oxidation sites excluding steroid dienone is 1. The molecule has 7 heteroatoms. The molecule has 2 aromatic heterocycles. The van der Waals surface area contributed by atoms with Gasteiger partial charge >= 0.3 is 0 Å². The van der Waals surface area contributed by atoms with Gasteiger partial charge in [0.15, 0.2) is 5.76 Å². The first kappa shape index (κ1) is 17.8. The number of nitrogen functional groups attached to an aromatic ring is 1. The number of Topliss-reactive ketones (excluding diaryl/α,β-unsaturated/α-hetero) is 1. The molecule has 7 nitrogen and oxygen atoms in total. The van der Waals surface area contributed by atoms with Crippen molar-refractivity contribution >= 4 is 28.6 Å². The number of aryl methyl sites for hydroxylation is 1. The van der Waals surface area contributed by atoms with E-state index in [4.69, 9.17) is 10.5 Å². The molecule has 0 amide bonds. The van der Waals surface area contributed by atoms with Crippen molar-refractivity contribution in [1.82, 2.24) is 9.55 Å². The third kappa shape index (κ3) is 2.68. The Morgan fingerprint density at radius 3 is 2.67 bits per heavy atom. The van der Waals surface area contributed by atoms with Gasteiger partial charge in [-0.3, -0.25) is 4.79 Å². The van der Waals surface area contributed by atoms with Gasteiger partial charge in [0.05, 0.1) is 0 Å². The van der Waals surface area contributed by atoms with Crippen molar-refractivity contribution in [2.75, 3.05) is 5.73 Å². The molecular weight excluding hydrogens is 382 g/mol. The van der Waals surface area contributed by atoms with E-state index in [1.807, 2.05) is 48.1 Å². The van der Waals surface area contributed by atoms with E-state index in [1.165, 1.54) is 6.07 Å². The summed E-state index contributed by atoms with van der Waals surface area (Å²) in [5.74, 6) is -0.760. The van der Waals surface area contributed by atoms with Crippen LogP contribution in [0.1, 0.15) is 15.9 Å². The first-order valence-corrected chi connectivity index (χ1v) is 9.22. The predicted octanol–water partition coefficient (Wildman–Crippen LogP) is 3.85. The first-order valence-electron chi connectivity index (χ1n) is 9.22. The van der Waals surface area contributed by atoms with E-state index in [1.54, 1.807) is 12.3 Å². The predicted molar refractivity (Wildman–Crippen MR) is 113 cm³/mol. The number of pyridine rings is 1. The number of nitrogens with two attached hydrogens (primary N) is 1. The zero-order chi connectivity index (χ0) is 21.0. The summed E-state index contributed by atoms with van der Waals surface area (Å²) < 4.78 is 7.52. The highest BCUT2D eigenvalue weighted by atomic mass is 16.5. The topological polar surface area (TPSA) is 111 Å². The number of fused-ring (bicyclic) bond motifs is 2. The van der Waals surface area contributed by atoms with E-state index in [2.05, 4.69) is 4.98 Å². The maximum atomic E-state index is 12.8. The van der Waals surface area contributed by atoms with Crippen LogP contribution >= 0.6 is 0 Å². The number of phenolic OH excluding ortho intramolecular Hbond substituents is 2. The van der Waals surface area contributed by atoms with E-state index >= 15 is 0 Å². The Bertz CT molecular complexity index is 1370. The number of hydrogen-bond acceptors (Lipinski definition) is 6. The van der Waals surface area contributed by atoms with E-state index < -0.39 is 5.78 Å². The van der Waals surface area contributed by atoms with Gasteiger partial charge in [-0.2, -0.15) is 0 Å². The molecular formula is C23H17N3O4. The number of rotatable bonds is 2. The second-order valence-corrected chi connectivity index (χ2v) is 7.15. The molecule has 1 aliphatic heterocycles. The molecule has 0 fully saturated rings. The number of aromatic hydroxyl groups is 2. The van der Waals surface area contributed by atoms with Gasteiger partial charge in [-0.25, -0.2) is 4.98 Å².